The molecule has 0 N–H and O–H groups in total. The van der Waals surface area contributed by atoms with E-state index in [1.807, 2.05) is 6.08 Å². The first-order valence-electron chi connectivity index (χ1n) is 6.33. The molecule has 1 aromatic rings. The lowest BCUT2D eigenvalue weighted by Crippen LogP contribution is -3.00. The van der Waals surface area contributed by atoms with E-state index in [4.69, 9.17) is 0 Å². The standard InChI is InChI=1S/C15H22N3.ClH/c1-5-13-6-8-14(9-7-13)12-18(4)15-16(2)10-11-17(15)3;/h5-9H,1,10-12H2,2-4H3;1H/q+1;/p-1. The molecule has 0 spiro atoms. The van der Waals surface area contributed by atoms with Crippen LogP contribution in [0.5, 0.6) is 0 Å². The second-order valence-electron chi connectivity index (χ2n) is 4.94. The summed E-state index contributed by atoms with van der Waals surface area (Å²) in [5, 5.41) is 0. The fraction of sp³-hybridized carbons (Fsp3) is 0.400. The van der Waals surface area contributed by atoms with Crippen molar-refractivity contribution in [2.24, 2.45) is 0 Å². The van der Waals surface area contributed by atoms with Crippen molar-refractivity contribution < 1.29 is 17.0 Å². The second-order valence-corrected chi connectivity index (χ2v) is 4.94. The third-order valence-corrected chi connectivity index (χ3v) is 3.43. The molecule has 3 nitrogen and oxygen atoms in total. The first-order chi connectivity index (χ1) is 8.61. The van der Waals surface area contributed by atoms with Crippen LogP contribution in [0.3, 0.4) is 0 Å². The fourth-order valence-corrected chi connectivity index (χ4v) is 2.48. The van der Waals surface area contributed by atoms with E-state index in [9.17, 15) is 0 Å². The molecule has 0 saturated carbocycles. The van der Waals surface area contributed by atoms with Crippen LogP contribution < -0.4 is 12.4 Å². The van der Waals surface area contributed by atoms with Gasteiger partial charge in [0.25, 0.3) is 0 Å². The van der Waals surface area contributed by atoms with Gasteiger partial charge in [0.1, 0.15) is 0 Å². The zero-order valence-electron chi connectivity index (χ0n) is 11.9. The normalized spacial score (nSPS) is 14.4. The summed E-state index contributed by atoms with van der Waals surface area (Å²) in [7, 11) is 6.45. The largest absolute Gasteiger partial charge is 1.00 e. The highest BCUT2D eigenvalue weighted by atomic mass is 35.5. The molecule has 1 aliphatic rings. The Hall–Kier alpha value is -1.48. The summed E-state index contributed by atoms with van der Waals surface area (Å²) in [5.74, 6) is 1.29. The van der Waals surface area contributed by atoms with Gasteiger partial charge in [0.15, 0.2) is 0 Å². The summed E-state index contributed by atoms with van der Waals surface area (Å²) in [6.45, 7) is 6.91. The summed E-state index contributed by atoms with van der Waals surface area (Å²) in [6.07, 6.45) is 1.88. The van der Waals surface area contributed by atoms with Crippen LogP contribution in [0.2, 0.25) is 0 Å². The van der Waals surface area contributed by atoms with E-state index in [0.29, 0.717) is 0 Å². The minimum atomic E-state index is 0. The SMILES string of the molecule is C=Cc1ccc(C[N+](C)=C2N(C)CCN2C)cc1.[Cl-]. The van der Waals surface area contributed by atoms with Crippen molar-refractivity contribution in [1.29, 1.82) is 0 Å². The number of guanidine groups is 1. The molecule has 0 bridgehead atoms. The topological polar surface area (TPSA) is 9.49 Å². The lowest BCUT2D eigenvalue weighted by molar-refractivity contribution is -0.522. The third-order valence-electron chi connectivity index (χ3n) is 3.43. The maximum Gasteiger partial charge on any atom is 0.350 e. The number of halogens is 1. The highest BCUT2D eigenvalue weighted by Crippen LogP contribution is 2.08. The molecule has 0 radical (unpaired) electrons. The summed E-state index contributed by atoms with van der Waals surface area (Å²) in [6, 6.07) is 8.57. The summed E-state index contributed by atoms with van der Waals surface area (Å²) in [5.41, 5.74) is 2.49. The molecule has 1 saturated heterocycles. The van der Waals surface area contributed by atoms with Gasteiger partial charge in [-0.15, -0.1) is 0 Å². The summed E-state index contributed by atoms with van der Waals surface area (Å²) in [4.78, 5) is 4.61. The zero-order chi connectivity index (χ0) is 13.1. The van der Waals surface area contributed by atoms with Crippen LogP contribution in [0.1, 0.15) is 11.1 Å². The molecule has 1 heterocycles. The first kappa shape index (κ1) is 15.6. The maximum absolute atomic E-state index is 3.78. The van der Waals surface area contributed by atoms with E-state index < -0.39 is 0 Å². The molecule has 0 amide bonds. The maximum atomic E-state index is 3.78. The Morgan fingerprint density at radius 2 is 1.68 bits per heavy atom. The van der Waals surface area contributed by atoms with Crippen LogP contribution >= 0.6 is 0 Å². The van der Waals surface area contributed by atoms with Gasteiger partial charge in [-0.3, -0.25) is 14.4 Å². The number of hydrogen-bond donors (Lipinski definition) is 0. The lowest BCUT2D eigenvalue weighted by Gasteiger charge is -2.14. The highest BCUT2D eigenvalue weighted by molar-refractivity contribution is 5.76. The minimum Gasteiger partial charge on any atom is -1.00 e. The smallest absolute Gasteiger partial charge is 0.350 e. The fourth-order valence-electron chi connectivity index (χ4n) is 2.48. The Labute approximate surface area is 122 Å². The first-order valence-corrected chi connectivity index (χ1v) is 6.33. The van der Waals surface area contributed by atoms with E-state index in [0.717, 1.165) is 19.6 Å². The molecule has 0 unspecified atom stereocenters. The van der Waals surface area contributed by atoms with Crippen molar-refractivity contribution in [1.82, 2.24) is 9.80 Å². The molecule has 104 valence electrons. The zero-order valence-corrected chi connectivity index (χ0v) is 12.7. The van der Waals surface area contributed by atoms with E-state index >= 15 is 0 Å². The highest BCUT2D eigenvalue weighted by Gasteiger charge is 2.29. The molecule has 1 aromatic carbocycles. The van der Waals surface area contributed by atoms with Gasteiger partial charge in [-0.2, -0.15) is 0 Å². The van der Waals surface area contributed by atoms with Gasteiger partial charge in [0, 0.05) is 0 Å². The molecule has 19 heavy (non-hydrogen) atoms. The van der Waals surface area contributed by atoms with Crippen LogP contribution in [0, 0.1) is 0 Å². The van der Waals surface area contributed by atoms with Crippen LogP contribution in [0.15, 0.2) is 30.8 Å². The van der Waals surface area contributed by atoms with E-state index in [2.05, 4.69) is 66.4 Å². The molecule has 1 fully saturated rings. The number of likely N-dealkylation sites (N-methyl/N-ethyl adjacent to an activating group) is 2. The monoisotopic (exact) mass is 279 g/mol. The number of rotatable bonds is 3. The van der Waals surface area contributed by atoms with Gasteiger partial charge in [-0.05, 0) is 11.1 Å². The second kappa shape index (κ2) is 6.62. The van der Waals surface area contributed by atoms with Crippen molar-refractivity contribution >= 4 is 12.0 Å². The molecular formula is C15H22ClN3. The predicted molar refractivity (Wildman–Crippen MR) is 76.7 cm³/mol. The Bertz CT molecular complexity index is 453. The molecule has 0 aliphatic carbocycles. The van der Waals surface area contributed by atoms with Crippen molar-refractivity contribution in [3.05, 3.63) is 42.0 Å². The quantitative estimate of drug-likeness (QED) is 0.637. The van der Waals surface area contributed by atoms with Crippen LogP contribution in [0.25, 0.3) is 6.08 Å². The van der Waals surface area contributed by atoms with Gasteiger partial charge >= 0.3 is 5.96 Å². The van der Waals surface area contributed by atoms with Gasteiger partial charge < -0.3 is 12.4 Å². The number of benzene rings is 1. The van der Waals surface area contributed by atoms with Gasteiger partial charge in [-0.1, -0.05) is 36.9 Å². The molecule has 0 atom stereocenters. The van der Waals surface area contributed by atoms with Crippen molar-refractivity contribution in [2.75, 3.05) is 34.2 Å². The lowest BCUT2D eigenvalue weighted by atomic mass is 10.1. The van der Waals surface area contributed by atoms with Crippen molar-refractivity contribution in [3.63, 3.8) is 0 Å². The van der Waals surface area contributed by atoms with Crippen LogP contribution in [-0.2, 0) is 6.54 Å². The van der Waals surface area contributed by atoms with Crippen molar-refractivity contribution in [3.8, 4) is 0 Å². The molecule has 1 aliphatic heterocycles. The number of nitrogens with zero attached hydrogens (tertiary/aromatic N) is 3. The van der Waals surface area contributed by atoms with E-state index in [1.165, 1.54) is 17.1 Å². The predicted octanol–water partition coefficient (Wildman–Crippen LogP) is -1.29. The van der Waals surface area contributed by atoms with Crippen LogP contribution in [0.4, 0.5) is 0 Å². The van der Waals surface area contributed by atoms with Gasteiger partial charge in [0.05, 0.1) is 40.8 Å². The summed E-state index contributed by atoms with van der Waals surface area (Å²) < 4.78 is 2.30. The number of hydrogen-bond acceptors (Lipinski definition) is 0. The molecule has 2 rings (SSSR count). The minimum absolute atomic E-state index is 0. The average molecular weight is 280 g/mol. The van der Waals surface area contributed by atoms with E-state index in [-0.39, 0.29) is 12.4 Å². The summed E-state index contributed by atoms with van der Waals surface area (Å²) >= 11 is 0. The molecule has 0 aromatic heterocycles. The van der Waals surface area contributed by atoms with E-state index in [1.54, 1.807) is 0 Å². The van der Waals surface area contributed by atoms with Crippen molar-refractivity contribution in [2.45, 2.75) is 6.54 Å². The van der Waals surface area contributed by atoms with Gasteiger partial charge in [0.2, 0.25) is 0 Å². The third kappa shape index (κ3) is 3.51. The Kier molecular flexibility index (Phi) is 5.43. The Morgan fingerprint density at radius 3 is 2.16 bits per heavy atom. The Morgan fingerprint density at radius 1 is 1.16 bits per heavy atom. The molecule has 4 heteroatoms. The van der Waals surface area contributed by atoms with Crippen LogP contribution in [-0.4, -0.2) is 54.6 Å². The molecular weight excluding hydrogens is 258 g/mol. The average Bonchev–Trinajstić information content (AvgIpc) is 2.70. The van der Waals surface area contributed by atoms with Gasteiger partial charge in [-0.25, -0.2) is 0 Å². The Balaban J connectivity index is 0.00000180.